The first-order valence-corrected chi connectivity index (χ1v) is 8.60. The van der Waals surface area contributed by atoms with Gasteiger partial charge < -0.3 is 5.73 Å². The van der Waals surface area contributed by atoms with Crippen molar-refractivity contribution in [2.75, 3.05) is 0 Å². The molecule has 0 saturated heterocycles. The summed E-state index contributed by atoms with van der Waals surface area (Å²) < 4.78 is 0. The summed E-state index contributed by atoms with van der Waals surface area (Å²) in [5.41, 5.74) is 17.0. The number of aliphatic imine (C=N–C) groups is 1. The molecular weight excluding hydrogens is 320 g/mol. The Morgan fingerprint density at radius 1 is 0.962 bits per heavy atom. The van der Waals surface area contributed by atoms with Crippen molar-refractivity contribution in [1.29, 1.82) is 0 Å². The van der Waals surface area contributed by atoms with Crippen LogP contribution >= 0.6 is 0 Å². The maximum Gasteiger partial charge on any atom is 0.214 e. The lowest BCUT2D eigenvalue weighted by Gasteiger charge is -2.02. The molecule has 0 aliphatic heterocycles. The van der Waals surface area contributed by atoms with Gasteiger partial charge in [-0.3, -0.25) is 0 Å². The highest BCUT2D eigenvalue weighted by atomic mass is 15.3. The van der Waals surface area contributed by atoms with Crippen LogP contribution in [-0.4, -0.2) is 12.2 Å². The van der Waals surface area contributed by atoms with Gasteiger partial charge in [0.25, 0.3) is 0 Å². The quantitative estimate of drug-likeness (QED) is 0.334. The second-order valence-corrected chi connectivity index (χ2v) is 6.45. The van der Waals surface area contributed by atoms with Crippen LogP contribution < -0.4 is 11.2 Å². The summed E-state index contributed by atoms with van der Waals surface area (Å²) in [5, 5.41) is 4.20. The van der Waals surface area contributed by atoms with Gasteiger partial charge in [-0.1, -0.05) is 54.1 Å². The molecule has 3 aromatic rings. The van der Waals surface area contributed by atoms with Crippen LogP contribution in [0.4, 0.5) is 5.69 Å². The molecule has 0 saturated carbocycles. The molecule has 0 radical (unpaired) electrons. The SMILES string of the molecule is Cc1ccc(N=C(N)NN=Cc2ccc3c(c2)Cc2ccccc2-3)cc1. The first kappa shape index (κ1) is 16.1. The zero-order valence-corrected chi connectivity index (χ0v) is 14.6. The van der Waals surface area contributed by atoms with E-state index in [-0.39, 0.29) is 5.96 Å². The van der Waals surface area contributed by atoms with E-state index in [1.54, 1.807) is 6.21 Å². The number of fused-ring (bicyclic) bond motifs is 3. The maximum absolute atomic E-state index is 5.88. The number of nitrogens with one attached hydrogen (secondary N) is 1. The van der Waals surface area contributed by atoms with Crippen molar-refractivity contribution in [3.63, 3.8) is 0 Å². The molecule has 3 N–H and O–H groups in total. The van der Waals surface area contributed by atoms with Gasteiger partial charge in [-0.2, -0.15) is 5.10 Å². The predicted molar refractivity (Wildman–Crippen MR) is 108 cm³/mol. The fraction of sp³-hybridized carbons (Fsp3) is 0.0909. The van der Waals surface area contributed by atoms with Crippen molar-refractivity contribution < 1.29 is 0 Å². The van der Waals surface area contributed by atoms with Crippen LogP contribution in [0.25, 0.3) is 11.1 Å². The Hall–Kier alpha value is -3.40. The molecular formula is C22H20N4. The average molecular weight is 340 g/mol. The third-order valence-corrected chi connectivity index (χ3v) is 4.49. The Bertz CT molecular complexity index is 1000. The van der Waals surface area contributed by atoms with E-state index in [1.807, 2.05) is 31.2 Å². The molecule has 0 spiro atoms. The zero-order chi connectivity index (χ0) is 17.9. The van der Waals surface area contributed by atoms with E-state index in [0.29, 0.717) is 0 Å². The molecule has 3 aromatic carbocycles. The summed E-state index contributed by atoms with van der Waals surface area (Å²) in [6, 6.07) is 22.8. The largest absolute Gasteiger partial charge is 0.368 e. The number of hydrogen-bond donors (Lipinski definition) is 2. The number of rotatable bonds is 3. The second kappa shape index (κ2) is 6.84. The van der Waals surface area contributed by atoms with Crippen molar-refractivity contribution in [3.05, 3.63) is 89.0 Å². The topological polar surface area (TPSA) is 62.8 Å². The Kier molecular flexibility index (Phi) is 4.23. The highest BCUT2D eigenvalue weighted by Crippen LogP contribution is 2.36. The average Bonchev–Trinajstić information content (AvgIpc) is 3.01. The standard InChI is InChI=1S/C22H20N4/c1-15-6-9-19(10-7-15)25-22(23)26-24-14-16-8-11-21-18(12-16)13-17-4-2-3-5-20(17)21/h2-12,14H,13H2,1H3,(H3,23,25,26). The first-order chi connectivity index (χ1) is 12.7. The lowest BCUT2D eigenvalue weighted by atomic mass is 10.0. The summed E-state index contributed by atoms with van der Waals surface area (Å²) in [6.07, 6.45) is 2.73. The van der Waals surface area contributed by atoms with Gasteiger partial charge in [0.2, 0.25) is 5.96 Å². The number of nitrogens with two attached hydrogens (primary N) is 1. The van der Waals surface area contributed by atoms with E-state index in [2.05, 4.69) is 58.0 Å². The lowest BCUT2D eigenvalue weighted by molar-refractivity contribution is 1.01. The first-order valence-electron chi connectivity index (χ1n) is 8.60. The monoisotopic (exact) mass is 340 g/mol. The normalized spacial score (nSPS) is 12.9. The number of nitrogens with zero attached hydrogens (tertiary/aromatic N) is 2. The van der Waals surface area contributed by atoms with Crippen LogP contribution in [0.2, 0.25) is 0 Å². The van der Waals surface area contributed by atoms with Gasteiger partial charge in [0.05, 0.1) is 11.9 Å². The highest BCUT2D eigenvalue weighted by Gasteiger charge is 2.17. The molecule has 26 heavy (non-hydrogen) atoms. The molecule has 128 valence electrons. The van der Waals surface area contributed by atoms with Crippen molar-refractivity contribution in [1.82, 2.24) is 5.43 Å². The number of aryl methyl sites for hydroxylation is 1. The van der Waals surface area contributed by atoms with Crippen molar-refractivity contribution >= 4 is 17.9 Å². The van der Waals surface area contributed by atoms with Crippen molar-refractivity contribution in [3.8, 4) is 11.1 Å². The van der Waals surface area contributed by atoms with Crippen LogP contribution in [-0.2, 0) is 6.42 Å². The van der Waals surface area contributed by atoms with Gasteiger partial charge in [-0.05, 0) is 59.4 Å². The van der Waals surface area contributed by atoms with Gasteiger partial charge in [-0.15, -0.1) is 0 Å². The summed E-state index contributed by atoms with van der Waals surface area (Å²) in [6.45, 7) is 2.04. The molecule has 4 heteroatoms. The minimum absolute atomic E-state index is 0.263. The van der Waals surface area contributed by atoms with E-state index in [1.165, 1.54) is 27.8 Å². The molecule has 0 aromatic heterocycles. The van der Waals surface area contributed by atoms with Gasteiger partial charge in [0.15, 0.2) is 0 Å². The molecule has 0 amide bonds. The fourth-order valence-electron chi connectivity index (χ4n) is 3.20. The van der Waals surface area contributed by atoms with Crippen LogP contribution in [0.3, 0.4) is 0 Å². The van der Waals surface area contributed by atoms with Gasteiger partial charge in [0, 0.05) is 0 Å². The van der Waals surface area contributed by atoms with Crippen LogP contribution in [0.5, 0.6) is 0 Å². The molecule has 0 unspecified atom stereocenters. The number of guanidine groups is 1. The molecule has 0 heterocycles. The molecule has 1 aliphatic carbocycles. The minimum Gasteiger partial charge on any atom is -0.368 e. The lowest BCUT2D eigenvalue weighted by Crippen LogP contribution is -2.26. The minimum atomic E-state index is 0.263. The number of hydrogen-bond acceptors (Lipinski definition) is 2. The van der Waals surface area contributed by atoms with Crippen LogP contribution in [0.15, 0.2) is 76.8 Å². The Morgan fingerprint density at radius 2 is 1.73 bits per heavy atom. The summed E-state index contributed by atoms with van der Waals surface area (Å²) in [7, 11) is 0. The molecule has 0 bridgehead atoms. The smallest absolute Gasteiger partial charge is 0.214 e. The maximum atomic E-state index is 5.88. The number of benzene rings is 3. The molecule has 4 rings (SSSR count). The predicted octanol–water partition coefficient (Wildman–Crippen LogP) is 4.14. The summed E-state index contributed by atoms with van der Waals surface area (Å²) in [4.78, 5) is 4.29. The summed E-state index contributed by atoms with van der Waals surface area (Å²) in [5.74, 6) is 0.263. The van der Waals surface area contributed by atoms with E-state index in [4.69, 9.17) is 5.73 Å². The Balaban J connectivity index is 1.45. The van der Waals surface area contributed by atoms with Crippen molar-refractivity contribution in [2.45, 2.75) is 13.3 Å². The number of hydrazone groups is 1. The van der Waals surface area contributed by atoms with Crippen LogP contribution in [0.1, 0.15) is 22.3 Å². The van der Waals surface area contributed by atoms with E-state index < -0.39 is 0 Å². The van der Waals surface area contributed by atoms with Crippen LogP contribution in [0, 0.1) is 6.92 Å². The summed E-state index contributed by atoms with van der Waals surface area (Å²) >= 11 is 0. The van der Waals surface area contributed by atoms with E-state index in [9.17, 15) is 0 Å². The third-order valence-electron chi connectivity index (χ3n) is 4.49. The molecule has 4 nitrogen and oxygen atoms in total. The fourth-order valence-corrected chi connectivity index (χ4v) is 3.20. The van der Waals surface area contributed by atoms with E-state index in [0.717, 1.165) is 17.7 Å². The van der Waals surface area contributed by atoms with Gasteiger partial charge >= 0.3 is 0 Å². The Labute approximate surface area is 153 Å². The zero-order valence-electron chi connectivity index (χ0n) is 14.6. The third kappa shape index (κ3) is 3.35. The molecule has 0 fully saturated rings. The van der Waals surface area contributed by atoms with Gasteiger partial charge in [0.1, 0.15) is 0 Å². The second-order valence-electron chi connectivity index (χ2n) is 6.45. The highest BCUT2D eigenvalue weighted by molar-refractivity contribution is 5.86. The van der Waals surface area contributed by atoms with Gasteiger partial charge in [-0.25, -0.2) is 10.4 Å². The van der Waals surface area contributed by atoms with Crippen molar-refractivity contribution in [2.24, 2.45) is 15.8 Å². The molecule has 0 atom stereocenters. The Morgan fingerprint density at radius 3 is 2.58 bits per heavy atom. The molecule has 1 aliphatic rings. The van der Waals surface area contributed by atoms with E-state index >= 15 is 0 Å².